The van der Waals surface area contributed by atoms with Gasteiger partial charge in [-0.25, -0.2) is 0 Å². The third-order valence-corrected chi connectivity index (χ3v) is 6.05. The second-order valence-corrected chi connectivity index (χ2v) is 8.06. The Balaban J connectivity index is 0.00000150. The molecule has 0 unspecified atom stereocenters. The summed E-state index contributed by atoms with van der Waals surface area (Å²) in [5, 5.41) is 15.9. The van der Waals surface area contributed by atoms with Crippen LogP contribution in [0.25, 0.3) is 10.9 Å². The molecule has 8 heteroatoms. The summed E-state index contributed by atoms with van der Waals surface area (Å²) in [5.74, 6) is 1.72. The molecule has 29 heavy (non-hydrogen) atoms. The first-order valence-electron chi connectivity index (χ1n) is 10.4. The standard InChI is InChI=1S/C21H31N5O.2ClH/c27-21(8-3-6-19-18-11-16(13-24-19)12-22-14-18)23-9-4-10-26-20-7-2-1-5-17(20)15-25-26;;/h1-2,5,7,15-16,18-19,22,24H,3-4,6,8-14H2,(H,23,27);2*1H/t16-,18+,19-;;/m0../s1. The number of hydrogen-bond acceptors (Lipinski definition) is 4. The Labute approximate surface area is 185 Å². The van der Waals surface area contributed by atoms with Crippen molar-refractivity contribution < 1.29 is 4.79 Å². The lowest BCUT2D eigenvalue weighted by Gasteiger charge is -2.41. The van der Waals surface area contributed by atoms with Gasteiger partial charge in [0, 0.05) is 30.9 Å². The monoisotopic (exact) mass is 441 g/mol. The first-order valence-corrected chi connectivity index (χ1v) is 10.4. The van der Waals surface area contributed by atoms with E-state index in [0.717, 1.165) is 68.2 Å². The predicted molar refractivity (Wildman–Crippen MR) is 122 cm³/mol. The molecule has 3 heterocycles. The summed E-state index contributed by atoms with van der Waals surface area (Å²) in [6.07, 6.45) is 6.85. The van der Waals surface area contributed by atoms with Crippen molar-refractivity contribution in [2.24, 2.45) is 11.8 Å². The van der Waals surface area contributed by atoms with Crippen molar-refractivity contribution in [1.29, 1.82) is 0 Å². The molecule has 0 spiro atoms. The fourth-order valence-corrected chi connectivity index (χ4v) is 4.58. The molecule has 2 fully saturated rings. The number of para-hydroxylation sites is 1. The van der Waals surface area contributed by atoms with E-state index in [4.69, 9.17) is 0 Å². The van der Waals surface area contributed by atoms with Gasteiger partial charge in [0.1, 0.15) is 0 Å². The average molecular weight is 442 g/mol. The van der Waals surface area contributed by atoms with E-state index in [-0.39, 0.29) is 30.7 Å². The van der Waals surface area contributed by atoms with Gasteiger partial charge in [0.25, 0.3) is 0 Å². The molecule has 0 radical (unpaired) electrons. The van der Waals surface area contributed by atoms with Crippen molar-refractivity contribution in [1.82, 2.24) is 25.7 Å². The lowest BCUT2D eigenvalue weighted by atomic mass is 9.80. The second-order valence-electron chi connectivity index (χ2n) is 8.06. The maximum absolute atomic E-state index is 12.1. The van der Waals surface area contributed by atoms with Crippen LogP contribution in [0.4, 0.5) is 0 Å². The molecule has 1 amide bonds. The first-order chi connectivity index (χ1) is 13.3. The van der Waals surface area contributed by atoms with Gasteiger partial charge in [0.05, 0.1) is 11.7 Å². The van der Waals surface area contributed by atoms with Crippen LogP contribution >= 0.6 is 24.8 Å². The summed E-state index contributed by atoms with van der Waals surface area (Å²) in [4.78, 5) is 12.1. The molecule has 2 aliphatic rings. The van der Waals surface area contributed by atoms with Gasteiger partial charge in [-0.05, 0) is 63.2 Å². The maximum atomic E-state index is 12.1. The lowest BCUT2D eigenvalue weighted by Crippen LogP contribution is -2.54. The van der Waals surface area contributed by atoms with E-state index < -0.39 is 0 Å². The fraction of sp³-hybridized carbons (Fsp3) is 0.619. The van der Waals surface area contributed by atoms with Crippen LogP contribution in [-0.2, 0) is 11.3 Å². The molecule has 3 atom stereocenters. The van der Waals surface area contributed by atoms with Crippen LogP contribution in [0.2, 0.25) is 0 Å². The molecular weight excluding hydrogens is 409 g/mol. The van der Waals surface area contributed by atoms with Gasteiger partial charge >= 0.3 is 0 Å². The van der Waals surface area contributed by atoms with Gasteiger partial charge in [0.2, 0.25) is 5.91 Å². The molecule has 2 aliphatic heterocycles. The normalized spacial score (nSPS) is 23.1. The van der Waals surface area contributed by atoms with Gasteiger partial charge in [-0.2, -0.15) is 5.10 Å². The van der Waals surface area contributed by atoms with Crippen molar-refractivity contribution in [3.05, 3.63) is 30.5 Å². The van der Waals surface area contributed by atoms with Crippen LogP contribution in [0.1, 0.15) is 32.1 Å². The van der Waals surface area contributed by atoms with E-state index in [9.17, 15) is 4.79 Å². The number of nitrogens with one attached hydrogen (secondary N) is 3. The third kappa shape index (κ3) is 6.32. The molecule has 2 saturated heterocycles. The number of carbonyl (C=O) groups excluding carboxylic acids is 1. The quantitative estimate of drug-likeness (QED) is 0.550. The Hall–Kier alpha value is -1.34. The van der Waals surface area contributed by atoms with E-state index in [0.29, 0.717) is 19.0 Å². The number of amides is 1. The van der Waals surface area contributed by atoms with Crippen molar-refractivity contribution in [3.63, 3.8) is 0 Å². The molecule has 0 saturated carbocycles. The predicted octanol–water partition coefficient (Wildman–Crippen LogP) is 2.75. The minimum absolute atomic E-state index is 0. The Morgan fingerprint density at radius 2 is 2.03 bits per heavy atom. The van der Waals surface area contributed by atoms with E-state index in [1.54, 1.807) is 0 Å². The van der Waals surface area contributed by atoms with E-state index >= 15 is 0 Å². The van der Waals surface area contributed by atoms with Crippen molar-refractivity contribution in [3.8, 4) is 0 Å². The Morgan fingerprint density at radius 3 is 2.93 bits per heavy atom. The number of aromatic nitrogens is 2. The molecule has 162 valence electrons. The lowest BCUT2D eigenvalue weighted by molar-refractivity contribution is -0.121. The van der Waals surface area contributed by atoms with Crippen LogP contribution in [0, 0.1) is 11.8 Å². The van der Waals surface area contributed by atoms with Crippen molar-refractivity contribution >= 4 is 41.6 Å². The van der Waals surface area contributed by atoms with Crippen LogP contribution < -0.4 is 16.0 Å². The zero-order valence-corrected chi connectivity index (χ0v) is 18.4. The van der Waals surface area contributed by atoms with E-state index in [2.05, 4.69) is 33.2 Å². The van der Waals surface area contributed by atoms with Gasteiger partial charge in [-0.1, -0.05) is 18.2 Å². The second kappa shape index (κ2) is 11.7. The zero-order chi connectivity index (χ0) is 18.5. The summed E-state index contributed by atoms with van der Waals surface area (Å²) in [5.41, 5.74) is 1.16. The molecule has 2 aromatic rings. The highest BCUT2D eigenvalue weighted by Crippen LogP contribution is 2.26. The Bertz CT molecular complexity index is 768. The molecule has 3 N–H and O–H groups in total. The van der Waals surface area contributed by atoms with Crippen molar-refractivity contribution in [2.75, 3.05) is 26.2 Å². The molecular formula is C21H33Cl2N5O. The topological polar surface area (TPSA) is 71.0 Å². The smallest absolute Gasteiger partial charge is 0.219 e. The fourth-order valence-electron chi connectivity index (χ4n) is 4.58. The summed E-state index contributed by atoms with van der Waals surface area (Å²) >= 11 is 0. The highest BCUT2D eigenvalue weighted by atomic mass is 35.5. The van der Waals surface area contributed by atoms with Crippen LogP contribution in [0.5, 0.6) is 0 Å². The highest BCUT2D eigenvalue weighted by Gasteiger charge is 2.32. The SMILES string of the molecule is Cl.Cl.O=C(CCC[C@@H]1NC[C@@H]2CNC[C@H]1C2)NCCCn1ncc2ccccc21. The Morgan fingerprint density at radius 1 is 1.17 bits per heavy atom. The van der Waals surface area contributed by atoms with Gasteiger partial charge in [-0.3, -0.25) is 9.48 Å². The van der Waals surface area contributed by atoms with Gasteiger partial charge in [-0.15, -0.1) is 24.8 Å². The maximum Gasteiger partial charge on any atom is 0.219 e. The summed E-state index contributed by atoms with van der Waals surface area (Å²) < 4.78 is 2.02. The summed E-state index contributed by atoms with van der Waals surface area (Å²) in [7, 11) is 0. The highest BCUT2D eigenvalue weighted by molar-refractivity contribution is 5.85. The van der Waals surface area contributed by atoms with Gasteiger partial charge < -0.3 is 16.0 Å². The third-order valence-electron chi connectivity index (χ3n) is 6.05. The summed E-state index contributed by atoms with van der Waals surface area (Å²) in [6, 6.07) is 8.80. The van der Waals surface area contributed by atoms with Crippen LogP contribution in [-0.4, -0.2) is 47.9 Å². The molecule has 2 bridgehead atoms. The minimum atomic E-state index is 0. The Kier molecular flexibility index (Phi) is 9.69. The number of aryl methyl sites for hydroxylation is 1. The van der Waals surface area contributed by atoms with E-state index in [1.165, 1.54) is 6.42 Å². The molecule has 0 aliphatic carbocycles. The molecule has 4 rings (SSSR count). The number of rotatable bonds is 8. The van der Waals surface area contributed by atoms with Gasteiger partial charge in [0.15, 0.2) is 0 Å². The average Bonchev–Trinajstić information content (AvgIpc) is 3.11. The number of nitrogens with zero attached hydrogens (tertiary/aromatic N) is 2. The van der Waals surface area contributed by atoms with Crippen molar-refractivity contribution in [2.45, 2.75) is 44.7 Å². The number of hydrogen-bond donors (Lipinski definition) is 3. The number of piperidine rings is 2. The summed E-state index contributed by atoms with van der Waals surface area (Å²) in [6.45, 7) is 4.95. The molecule has 1 aromatic carbocycles. The first kappa shape index (κ1) is 23.9. The number of benzene rings is 1. The van der Waals surface area contributed by atoms with E-state index in [1.807, 2.05) is 23.0 Å². The molecule has 6 nitrogen and oxygen atoms in total. The number of fused-ring (bicyclic) bond motifs is 3. The largest absolute Gasteiger partial charge is 0.356 e. The minimum Gasteiger partial charge on any atom is -0.356 e. The molecule has 1 aromatic heterocycles. The number of halogens is 2. The number of carbonyl (C=O) groups is 1. The van der Waals surface area contributed by atoms with Crippen LogP contribution in [0.3, 0.4) is 0 Å². The van der Waals surface area contributed by atoms with Crippen LogP contribution in [0.15, 0.2) is 30.5 Å². The zero-order valence-electron chi connectivity index (χ0n) is 16.8.